The van der Waals surface area contributed by atoms with Crippen LogP contribution in [0.5, 0.6) is 0 Å². The molecule has 0 aromatic heterocycles. The van der Waals surface area contributed by atoms with Crippen LogP contribution in [-0.4, -0.2) is 5.11 Å². The van der Waals surface area contributed by atoms with E-state index in [1.54, 1.807) is 12.1 Å². The van der Waals surface area contributed by atoms with Gasteiger partial charge < -0.3 is 5.11 Å². The second-order valence-electron chi connectivity index (χ2n) is 1.10. The first kappa shape index (κ1) is 6.52. The molecule has 0 atom stereocenters. The summed E-state index contributed by atoms with van der Waals surface area (Å²) in [5, 5.41) is 24.1. The van der Waals surface area contributed by atoms with Crippen molar-refractivity contribution in [3.05, 3.63) is 11.8 Å². The van der Waals surface area contributed by atoms with Crippen molar-refractivity contribution in [1.82, 2.24) is 0 Å². The predicted molar refractivity (Wildman–Crippen MR) is 26.6 cm³/mol. The third-order valence-electron chi connectivity index (χ3n) is 0.569. The molecule has 0 aliphatic heterocycles. The van der Waals surface area contributed by atoms with Gasteiger partial charge in [-0.05, 0) is 0 Å². The lowest BCUT2D eigenvalue weighted by Gasteiger charge is -1.78. The SMILES string of the molecule is N#CC/C(C#N)=C/O. The number of nitriles is 2. The summed E-state index contributed by atoms with van der Waals surface area (Å²) in [5.74, 6) is 0. The molecule has 0 spiro atoms. The summed E-state index contributed by atoms with van der Waals surface area (Å²) in [6.45, 7) is 0. The summed E-state index contributed by atoms with van der Waals surface area (Å²) in [6, 6.07) is 3.36. The molecule has 0 saturated heterocycles. The summed E-state index contributed by atoms with van der Waals surface area (Å²) in [5.41, 5.74) is 0.0903. The highest BCUT2D eigenvalue weighted by Crippen LogP contribution is 1.93. The molecule has 0 aliphatic carbocycles. The third kappa shape index (κ3) is 1.84. The summed E-state index contributed by atoms with van der Waals surface area (Å²) in [4.78, 5) is 0. The molecule has 0 rings (SSSR count). The second kappa shape index (κ2) is 3.70. The Bertz CT molecular complexity index is 170. The molecule has 0 unspecified atom stereocenters. The monoisotopic (exact) mass is 108 g/mol. The zero-order chi connectivity index (χ0) is 6.41. The zero-order valence-electron chi connectivity index (χ0n) is 4.13. The fourth-order valence-corrected chi connectivity index (χ4v) is 0.199. The normalized spacial score (nSPS) is 9.50. The summed E-state index contributed by atoms with van der Waals surface area (Å²) < 4.78 is 0. The maximum absolute atomic E-state index is 8.12. The fourth-order valence-electron chi connectivity index (χ4n) is 0.199. The van der Waals surface area contributed by atoms with Crippen molar-refractivity contribution in [2.45, 2.75) is 6.42 Å². The van der Waals surface area contributed by atoms with E-state index >= 15 is 0 Å². The van der Waals surface area contributed by atoms with Crippen molar-refractivity contribution in [3.8, 4) is 12.1 Å². The summed E-state index contributed by atoms with van der Waals surface area (Å²) in [6.07, 6.45) is 0.621. The number of hydrogen-bond donors (Lipinski definition) is 1. The van der Waals surface area contributed by atoms with Gasteiger partial charge in [-0.1, -0.05) is 0 Å². The van der Waals surface area contributed by atoms with E-state index in [9.17, 15) is 0 Å². The molecule has 0 aromatic rings. The first-order valence-corrected chi connectivity index (χ1v) is 1.95. The molecular formula is C5H4N2O. The lowest BCUT2D eigenvalue weighted by molar-refractivity contribution is 0.468. The van der Waals surface area contributed by atoms with Crippen LogP contribution >= 0.6 is 0 Å². The maximum Gasteiger partial charge on any atom is 0.0990 e. The van der Waals surface area contributed by atoms with E-state index in [0.717, 1.165) is 0 Å². The van der Waals surface area contributed by atoms with Crippen molar-refractivity contribution >= 4 is 0 Å². The van der Waals surface area contributed by atoms with Crippen molar-refractivity contribution in [2.24, 2.45) is 0 Å². The minimum absolute atomic E-state index is 0.0208. The van der Waals surface area contributed by atoms with Gasteiger partial charge in [0, 0.05) is 0 Å². The van der Waals surface area contributed by atoms with Gasteiger partial charge in [0.1, 0.15) is 0 Å². The van der Waals surface area contributed by atoms with Gasteiger partial charge in [-0.15, -0.1) is 0 Å². The van der Waals surface area contributed by atoms with Gasteiger partial charge in [0.05, 0.1) is 30.4 Å². The van der Waals surface area contributed by atoms with E-state index in [-0.39, 0.29) is 12.0 Å². The smallest absolute Gasteiger partial charge is 0.0990 e. The molecule has 0 bridgehead atoms. The van der Waals surface area contributed by atoms with Gasteiger partial charge >= 0.3 is 0 Å². The largest absolute Gasteiger partial charge is 0.515 e. The van der Waals surface area contributed by atoms with Crippen LogP contribution in [0.4, 0.5) is 0 Å². The molecular weight excluding hydrogens is 104 g/mol. The molecule has 0 radical (unpaired) electrons. The van der Waals surface area contributed by atoms with E-state index in [0.29, 0.717) is 6.26 Å². The highest BCUT2D eigenvalue weighted by Gasteiger charge is 1.89. The predicted octanol–water partition coefficient (Wildman–Crippen LogP) is 0.866. The van der Waals surface area contributed by atoms with Crippen LogP contribution in [-0.2, 0) is 0 Å². The highest BCUT2D eigenvalue weighted by atomic mass is 16.2. The van der Waals surface area contributed by atoms with Crippen LogP contribution < -0.4 is 0 Å². The minimum Gasteiger partial charge on any atom is -0.515 e. The van der Waals surface area contributed by atoms with Crippen molar-refractivity contribution in [3.63, 3.8) is 0 Å². The Kier molecular flexibility index (Phi) is 3.02. The van der Waals surface area contributed by atoms with Crippen molar-refractivity contribution < 1.29 is 5.11 Å². The number of aliphatic hydroxyl groups excluding tert-OH is 1. The summed E-state index contributed by atoms with van der Waals surface area (Å²) in [7, 11) is 0. The Morgan fingerprint density at radius 1 is 1.62 bits per heavy atom. The van der Waals surface area contributed by atoms with Crippen LogP contribution in [0.1, 0.15) is 6.42 Å². The quantitative estimate of drug-likeness (QED) is 0.400. The number of rotatable bonds is 1. The summed E-state index contributed by atoms with van der Waals surface area (Å²) >= 11 is 0. The maximum atomic E-state index is 8.12. The standard InChI is InChI=1S/C5H4N2O/c6-2-1-5(3-7)4-8/h4,8H,1H2/b5-4-. The molecule has 3 heteroatoms. The van der Waals surface area contributed by atoms with E-state index in [1.807, 2.05) is 0 Å². The molecule has 1 N–H and O–H groups in total. The van der Waals surface area contributed by atoms with Gasteiger partial charge in [0.15, 0.2) is 0 Å². The molecule has 0 saturated carbocycles. The lowest BCUT2D eigenvalue weighted by atomic mass is 10.2. The van der Waals surface area contributed by atoms with Gasteiger partial charge in [-0.25, -0.2) is 0 Å². The minimum atomic E-state index is -0.0208. The van der Waals surface area contributed by atoms with E-state index < -0.39 is 0 Å². The Morgan fingerprint density at radius 3 is 2.38 bits per heavy atom. The van der Waals surface area contributed by atoms with Crippen LogP contribution in [0.15, 0.2) is 11.8 Å². The Morgan fingerprint density at radius 2 is 2.25 bits per heavy atom. The molecule has 0 amide bonds. The van der Waals surface area contributed by atoms with Gasteiger partial charge in [0.2, 0.25) is 0 Å². The van der Waals surface area contributed by atoms with Crippen LogP contribution in [0.2, 0.25) is 0 Å². The van der Waals surface area contributed by atoms with Gasteiger partial charge in [-0.2, -0.15) is 10.5 Å². The average Bonchev–Trinajstić information content (AvgIpc) is 1.83. The van der Waals surface area contributed by atoms with Gasteiger partial charge in [-0.3, -0.25) is 0 Å². The molecule has 0 aromatic carbocycles. The van der Waals surface area contributed by atoms with Crippen LogP contribution in [0.3, 0.4) is 0 Å². The van der Waals surface area contributed by atoms with Crippen LogP contribution in [0, 0.1) is 22.7 Å². The first-order chi connectivity index (χ1) is 3.85. The molecule has 8 heavy (non-hydrogen) atoms. The topological polar surface area (TPSA) is 67.8 Å². The number of nitrogens with zero attached hydrogens (tertiary/aromatic N) is 2. The lowest BCUT2D eigenvalue weighted by Crippen LogP contribution is -1.73. The fraction of sp³-hybridized carbons (Fsp3) is 0.200. The van der Waals surface area contributed by atoms with E-state index in [4.69, 9.17) is 15.6 Å². The number of aliphatic hydroxyl groups is 1. The highest BCUT2D eigenvalue weighted by molar-refractivity contribution is 5.21. The molecule has 3 nitrogen and oxygen atoms in total. The van der Waals surface area contributed by atoms with Crippen molar-refractivity contribution in [2.75, 3.05) is 0 Å². The zero-order valence-corrected chi connectivity index (χ0v) is 4.13. The third-order valence-corrected chi connectivity index (χ3v) is 0.569. The molecule has 40 valence electrons. The van der Waals surface area contributed by atoms with E-state index in [1.165, 1.54) is 0 Å². The molecule has 0 fully saturated rings. The first-order valence-electron chi connectivity index (χ1n) is 1.95. The Labute approximate surface area is 47.1 Å². The van der Waals surface area contributed by atoms with E-state index in [2.05, 4.69) is 0 Å². The Balaban J connectivity index is 3.83. The second-order valence-corrected chi connectivity index (χ2v) is 1.10. The van der Waals surface area contributed by atoms with Crippen molar-refractivity contribution in [1.29, 1.82) is 10.5 Å². The average molecular weight is 108 g/mol. The Hall–Kier alpha value is -1.48. The molecule has 0 aliphatic rings. The molecule has 0 heterocycles. The number of hydrogen-bond acceptors (Lipinski definition) is 3. The number of allylic oxidation sites excluding steroid dienone is 1. The van der Waals surface area contributed by atoms with Gasteiger partial charge in [0.25, 0.3) is 0 Å². The van der Waals surface area contributed by atoms with Crippen LogP contribution in [0.25, 0.3) is 0 Å².